The second-order valence-corrected chi connectivity index (χ2v) is 5.24. The Labute approximate surface area is 114 Å². The van der Waals surface area contributed by atoms with E-state index in [1.54, 1.807) is 11.3 Å². The summed E-state index contributed by atoms with van der Waals surface area (Å²) in [7, 11) is 0. The first-order valence-corrected chi connectivity index (χ1v) is 6.84. The van der Waals surface area contributed by atoms with Crippen LogP contribution in [0.5, 0.6) is 0 Å². The third kappa shape index (κ3) is 3.99. The summed E-state index contributed by atoms with van der Waals surface area (Å²) in [5.74, 6) is 0. The van der Waals surface area contributed by atoms with Gasteiger partial charge in [-0.3, -0.25) is 0 Å². The summed E-state index contributed by atoms with van der Waals surface area (Å²) in [6.45, 7) is 2.01. The Balaban J connectivity index is 1.96. The number of halogens is 3. The van der Waals surface area contributed by atoms with Gasteiger partial charge in [0.15, 0.2) is 0 Å². The van der Waals surface area contributed by atoms with Gasteiger partial charge in [-0.25, -0.2) is 0 Å². The van der Waals surface area contributed by atoms with Crippen LogP contribution in [0, 0.1) is 0 Å². The lowest BCUT2D eigenvalue weighted by atomic mass is 10.1. The monoisotopic (exact) mass is 285 g/mol. The molecular weight excluding hydrogens is 271 g/mol. The summed E-state index contributed by atoms with van der Waals surface area (Å²) in [6.07, 6.45) is -3.43. The van der Waals surface area contributed by atoms with Crippen LogP contribution < -0.4 is 5.32 Å². The van der Waals surface area contributed by atoms with Gasteiger partial charge in [0.05, 0.1) is 5.56 Å². The van der Waals surface area contributed by atoms with Crippen molar-refractivity contribution in [1.29, 1.82) is 0 Å². The Morgan fingerprint density at radius 1 is 1.16 bits per heavy atom. The van der Waals surface area contributed by atoms with Crippen LogP contribution in [0.25, 0.3) is 0 Å². The highest BCUT2D eigenvalue weighted by molar-refractivity contribution is 7.07. The number of hydrogen-bond donors (Lipinski definition) is 1. The molecule has 1 heterocycles. The molecule has 0 fully saturated rings. The maximum absolute atomic E-state index is 12.4. The smallest absolute Gasteiger partial charge is 0.382 e. The molecule has 1 nitrogen and oxygen atoms in total. The number of anilines is 1. The van der Waals surface area contributed by atoms with Gasteiger partial charge in [-0.2, -0.15) is 24.5 Å². The maximum atomic E-state index is 12.4. The van der Waals surface area contributed by atoms with E-state index in [-0.39, 0.29) is 6.04 Å². The van der Waals surface area contributed by atoms with Crippen LogP contribution in [0.1, 0.15) is 18.1 Å². The predicted molar refractivity (Wildman–Crippen MR) is 72.6 cm³/mol. The summed E-state index contributed by atoms with van der Waals surface area (Å²) < 4.78 is 37.2. The average Bonchev–Trinajstić information content (AvgIpc) is 2.81. The molecule has 2 rings (SSSR count). The number of nitrogens with one attached hydrogen (secondary N) is 1. The minimum absolute atomic E-state index is 0.173. The molecule has 0 radical (unpaired) electrons. The van der Waals surface area contributed by atoms with Crippen molar-refractivity contribution in [2.45, 2.75) is 25.6 Å². The van der Waals surface area contributed by atoms with Crippen LogP contribution in [-0.4, -0.2) is 6.04 Å². The molecule has 19 heavy (non-hydrogen) atoms. The molecule has 0 saturated carbocycles. The fourth-order valence-corrected chi connectivity index (χ4v) is 2.53. The minimum atomic E-state index is -4.28. The largest absolute Gasteiger partial charge is 0.416 e. The zero-order valence-electron chi connectivity index (χ0n) is 10.4. The number of rotatable bonds is 4. The van der Waals surface area contributed by atoms with E-state index in [0.29, 0.717) is 5.69 Å². The van der Waals surface area contributed by atoms with Gasteiger partial charge >= 0.3 is 6.18 Å². The SMILES string of the molecule is CC(Cc1ccsc1)Nc1ccc(C(F)(F)F)cc1. The first-order valence-electron chi connectivity index (χ1n) is 5.90. The van der Waals surface area contributed by atoms with Gasteiger partial charge in [-0.05, 0) is 60.0 Å². The van der Waals surface area contributed by atoms with Gasteiger partial charge in [0, 0.05) is 11.7 Å². The van der Waals surface area contributed by atoms with Crippen LogP contribution in [0.2, 0.25) is 0 Å². The summed E-state index contributed by atoms with van der Waals surface area (Å²) >= 11 is 1.64. The first kappa shape index (κ1) is 13.9. The summed E-state index contributed by atoms with van der Waals surface area (Å²) in [4.78, 5) is 0. The van der Waals surface area contributed by atoms with Crippen LogP contribution in [0.4, 0.5) is 18.9 Å². The topological polar surface area (TPSA) is 12.0 Å². The van der Waals surface area contributed by atoms with Crippen molar-refractivity contribution in [3.8, 4) is 0 Å². The summed E-state index contributed by atoms with van der Waals surface area (Å²) in [6, 6.07) is 7.35. The van der Waals surface area contributed by atoms with Gasteiger partial charge in [-0.15, -0.1) is 0 Å². The van der Waals surface area contributed by atoms with Crippen molar-refractivity contribution in [3.05, 3.63) is 52.2 Å². The molecule has 0 saturated heterocycles. The number of benzene rings is 1. The Bertz CT molecular complexity index is 502. The van der Waals surface area contributed by atoms with E-state index < -0.39 is 11.7 Å². The van der Waals surface area contributed by atoms with E-state index in [0.717, 1.165) is 18.6 Å². The Kier molecular flexibility index (Phi) is 4.14. The first-order chi connectivity index (χ1) is 8.95. The molecular formula is C14H14F3NS. The number of thiophene rings is 1. The van der Waals surface area contributed by atoms with Crippen molar-refractivity contribution in [2.24, 2.45) is 0 Å². The highest BCUT2D eigenvalue weighted by Gasteiger charge is 2.29. The molecule has 0 amide bonds. The second kappa shape index (κ2) is 5.65. The lowest BCUT2D eigenvalue weighted by Crippen LogP contribution is -2.17. The van der Waals surface area contributed by atoms with Crippen LogP contribution in [0.3, 0.4) is 0 Å². The normalized spacial score (nSPS) is 13.3. The van der Waals surface area contributed by atoms with E-state index in [1.807, 2.05) is 12.3 Å². The van der Waals surface area contributed by atoms with Gasteiger partial charge in [0.25, 0.3) is 0 Å². The standard InChI is InChI=1S/C14H14F3NS/c1-10(8-11-6-7-19-9-11)18-13-4-2-12(3-5-13)14(15,16)17/h2-7,9-10,18H,8H2,1H3. The quantitative estimate of drug-likeness (QED) is 0.850. The van der Waals surface area contributed by atoms with E-state index in [4.69, 9.17) is 0 Å². The van der Waals surface area contributed by atoms with Crippen molar-refractivity contribution < 1.29 is 13.2 Å². The van der Waals surface area contributed by atoms with Crippen molar-refractivity contribution in [2.75, 3.05) is 5.32 Å². The van der Waals surface area contributed by atoms with Gasteiger partial charge in [0.1, 0.15) is 0 Å². The molecule has 1 aromatic heterocycles. The third-order valence-electron chi connectivity index (χ3n) is 2.75. The lowest BCUT2D eigenvalue weighted by molar-refractivity contribution is -0.137. The molecule has 1 unspecified atom stereocenters. The summed E-state index contributed by atoms with van der Waals surface area (Å²) in [5.41, 5.74) is 1.32. The molecule has 0 aliphatic heterocycles. The Morgan fingerprint density at radius 2 is 1.84 bits per heavy atom. The summed E-state index contributed by atoms with van der Waals surface area (Å²) in [5, 5.41) is 7.28. The predicted octanol–water partition coefficient (Wildman–Crippen LogP) is 4.81. The molecule has 0 bridgehead atoms. The highest BCUT2D eigenvalue weighted by atomic mass is 32.1. The number of hydrogen-bond acceptors (Lipinski definition) is 2. The van der Waals surface area contributed by atoms with Crippen molar-refractivity contribution >= 4 is 17.0 Å². The minimum Gasteiger partial charge on any atom is -0.382 e. The van der Waals surface area contributed by atoms with Crippen molar-refractivity contribution in [1.82, 2.24) is 0 Å². The highest BCUT2D eigenvalue weighted by Crippen LogP contribution is 2.29. The molecule has 1 N–H and O–H groups in total. The van der Waals surface area contributed by atoms with Crippen LogP contribution in [-0.2, 0) is 12.6 Å². The molecule has 102 valence electrons. The number of alkyl halides is 3. The molecule has 1 atom stereocenters. The van der Waals surface area contributed by atoms with Crippen molar-refractivity contribution in [3.63, 3.8) is 0 Å². The molecule has 0 aliphatic rings. The fraction of sp³-hybridized carbons (Fsp3) is 0.286. The maximum Gasteiger partial charge on any atom is 0.416 e. The Morgan fingerprint density at radius 3 is 2.37 bits per heavy atom. The lowest BCUT2D eigenvalue weighted by Gasteiger charge is -2.15. The molecule has 0 spiro atoms. The van der Waals surface area contributed by atoms with Crippen LogP contribution >= 0.6 is 11.3 Å². The van der Waals surface area contributed by atoms with Crippen LogP contribution in [0.15, 0.2) is 41.1 Å². The molecule has 2 aromatic rings. The van der Waals surface area contributed by atoms with Gasteiger partial charge < -0.3 is 5.32 Å². The molecule has 0 aliphatic carbocycles. The Hall–Kier alpha value is -1.49. The molecule has 5 heteroatoms. The molecule has 1 aromatic carbocycles. The van der Waals surface area contributed by atoms with E-state index >= 15 is 0 Å². The third-order valence-corrected chi connectivity index (χ3v) is 3.48. The van der Waals surface area contributed by atoms with E-state index in [1.165, 1.54) is 17.7 Å². The van der Waals surface area contributed by atoms with Gasteiger partial charge in [-0.1, -0.05) is 0 Å². The van der Waals surface area contributed by atoms with E-state index in [9.17, 15) is 13.2 Å². The zero-order chi connectivity index (χ0) is 13.9. The average molecular weight is 285 g/mol. The fourth-order valence-electron chi connectivity index (χ4n) is 1.85. The van der Waals surface area contributed by atoms with E-state index in [2.05, 4.69) is 16.8 Å². The van der Waals surface area contributed by atoms with Gasteiger partial charge in [0.2, 0.25) is 0 Å². The second-order valence-electron chi connectivity index (χ2n) is 4.46. The zero-order valence-corrected chi connectivity index (χ0v) is 11.2.